The molecule has 4 heterocycles. The first kappa shape index (κ1) is 29.3. The summed E-state index contributed by atoms with van der Waals surface area (Å²) in [4.78, 5) is 8.74. The van der Waals surface area contributed by atoms with Gasteiger partial charge < -0.3 is 14.6 Å². The van der Waals surface area contributed by atoms with Gasteiger partial charge in [0.05, 0.1) is 30.7 Å². The second-order valence-electron chi connectivity index (χ2n) is 10.6. The lowest BCUT2D eigenvalue weighted by Crippen LogP contribution is -2.01. The smallest absolute Gasteiger partial charge is 0.220 e. The largest absolute Gasteiger partial charge is 0.446 e. The highest BCUT2D eigenvalue weighted by Crippen LogP contribution is 2.30. The topological polar surface area (TPSA) is 115 Å². The van der Waals surface area contributed by atoms with E-state index in [-0.39, 0.29) is 13.2 Å². The summed E-state index contributed by atoms with van der Waals surface area (Å²) in [5.74, 6) is 0.293. The molecule has 4 aromatic heterocycles. The van der Waals surface area contributed by atoms with Gasteiger partial charge in [-0.05, 0) is 23.3 Å². The molecule has 46 heavy (non-hydrogen) atoms. The lowest BCUT2D eigenvalue weighted by atomic mass is 10.2. The highest BCUT2D eigenvalue weighted by Gasteiger charge is 2.16. The van der Waals surface area contributed by atoms with Crippen LogP contribution in [0, 0.1) is 0 Å². The van der Waals surface area contributed by atoms with Gasteiger partial charge in [0, 0.05) is 16.2 Å². The first-order valence-electron chi connectivity index (χ1n) is 14.8. The summed E-state index contributed by atoms with van der Waals surface area (Å²) in [7, 11) is 0. The Kier molecular flexibility index (Phi) is 8.46. The van der Waals surface area contributed by atoms with Crippen molar-refractivity contribution in [2.24, 2.45) is 0 Å². The molecule has 4 aromatic carbocycles. The van der Waals surface area contributed by atoms with Crippen molar-refractivity contribution in [2.45, 2.75) is 26.3 Å². The van der Waals surface area contributed by atoms with Crippen LogP contribution in [0.2, 0.25) is 0 Å². The van der Waals surface area contributed by atoms with Crippen LogP contribution in [-0.2, 0) is 26.3 Å². The Labute approximate surface area is 268 Å². The summed E-state index contributed by atoms with van der Waals surface area (Å²) in [6, 6.07) is 36.7. The lowest BCUT2D eigenvalue weighted by Gasteiger charge is -2.03. The molecule has 0 amide bonds. The summed E-state index contributed by atoms with van der Waals surface area (Å²) in [6.45, 7) is 1.15. The minimum atomic E-state index is -0.220. The Balaban J connectivity index is 0.000000147. The number of benzene rings is 4. The van der Waals surface area contributed by atoms with Crippen molar-refractivity contribution in [1.29, 1.82) is 0 Å². The molecule has 0 spiro atoms. The molecule has 228 valence electrons. The van der Waals surface area contributed by atoms with Gasteiger partial charge in [0.15, 0.2) is 0 Å². The molecular formula is C36H30N6O3S. The lowest BCUT2D eigenvalue weighted by molar-refractivity contribution is 0.240. The second kappa shape index (κ2) is 13.3. The summed E-state index contributed by atoms with van der Waals surface area (Å²) in [5, 5.41) is 32.6. The van der Waals surface area contributed by atoms with E-state index in [2.05, 4.69) is 46.4 Å². The van der Waals surface area contributed by atoms with Crippen LogP contribution in [0.5, 0.6) is 0 Å². The minimum absolute atomic E-state index is 0.0344. The molecule has 0 aliphatic carbocycles. The number of rotatable bonds is 8. The third-order valence-corrected chi connectivity index (χ3v) is 8.36. The van der Waals surface area contributed by atoms with Crippen molar-refractivity contribution in [3.63, 3.8) is 0 Å². The zero-order chi connectivity index (χ0) is 31.3. The fraction of sp³-hybridized carbons (Fsp3) is 0.111. The molecule has 9 nitrogen and oxygen atoms in total. The summed E-state index contributed by atoms with van der Waals surface area (Å²) >= 11 is 1.46. The van der Waals surface area contributed by atoms with E-state index in [1.807, 2.05) is 87.5 Å². The molecule has 0 bridgehead atoms. The van der Waals surface area contributed by atoms with E-state index in [1.165, 1.54) is 28.7 Å². The van der Waals surface area contributed by atoms with Crippen molar-refractivity contribution < 1.29 is 14.6 Å². The van der Waals surface area contributed by atoms with Crippen LogP contribution < -0.4 is 0 Å². The fourth-order valence-corrected chi connectivity index (χ4v) is 6.01. The van der Waals surface area contributed by atoms with Gasteiger partial charge in [-0.1, -0.05) is 97.1 Å². The second-order valence-corrected chi connectivity index (χ2v) is 11.5. The molecule has 0 unspecified atom stereocenters. The normalized spacial score (nSPS) is 11.2. The molecule has 8 aromatic rings. The number of hydrogen-bond donors (Lipinski definition) is 2. The predicted molar refractivity (Wildman–Crippen MR) is 179 cm³/mol. The maximum atomic E-state index is 9.23. The average molecular weight is 627 g/mol. The molecule has 8 rings (SSSR count). The van der Waals surface area contributed by atoms with Crippen molar-refractivity contribution in [1.82, 2.24) is 29.5 Å². The molecule has 0 aliphatic heterocycles. The molecule has 2 N–H and O–H groups in total. The number of aromatic nitrogens is 6. The SMILES string of the molecule is OCc1nc(-c2nn(Cc3ccccc3)c3ccccc23)co1.OCc1nc(-c2nn(Cc3ccccc3)c3ccccc23)cs1. The van der Waals surface area contributed by atoms with E-state index >= 15 is 0 Å². The Bertz CT molecular complexity index is 2040. The van der Waals surface area contributed by atoms with Crippen LogP contribution in [-0.4, -0.2) is 39.7 Å². The number of aliphatic hydroxyl groups is 2. The molecule has 0 atom stereocenters. The third kappa shape index (κ3) is 6.09. The standard InChI is InChI=1S/C18H15N3O2.C18H15N3OS/c2*22-11-17-19-15(12-23-17)18-14-8-4-5-9-16(14)21(20-18)10-13-6-2-1-3-7-13/h2*1-9,12,22H,10-11H2. The Hall–Kier alpha value is -5.42. The fourth-order valence-electron chi connectivity index (χ4n) is 5.37. The van der Waals surface area contributed by atoms with Crippen LogP contribution in [0.15, 0.2) is 125 Å². The first-order valence-corrected chi connectivity index (χ1v) is 15.7. The van der Waals surface area contributed by atoms with Gasteiger partial charge in [-0.3, -0.25) is 9.36 Å². The molecule has 0 fully saturated rings. The van der Waals surface area contributed by atoms with E-state index in [9.17, 15) is 5.11 Å². The Morgan fingerprint density at radius 2 is 1.11 bits per heavy atom. The van der Waals surface area contributed by atoms with Gasteiger partial charge >= 0.3 is 0 Å². The quantitative estimate of drug-likeness (QED) is 0.188. The number of nitrogens with zero attached hydrogens (tertiary/aromatic N) is 6. The zero-order valence-corrected chi connectivity index (χ0v) is 25.6. The van der Waals surface area contributed by atoms with Crippen LogP contribution >= 0.6 is 11.3 Å². The van der Waals surface area contributed by atoms with E-state index in [0.29, 0.717) is 23.1 Å². The summed E-state index contributed by atoms with van der Waals surface area (Å²) < 4.78 is 9.21. The van der Waals surface area contributed by atoms with Gasteiger partial charge in [0.1, 0.15) is 40.7 Å². The predicted octanol–water partition coefficient (Wildman–Crippen LogP) is 6.93. The van der Waals surface area contributed by atoms with Gasteiger partial charge in [-0.15, -0.1) is 11.3 Å². The highest BCUT2D eigenvalue weighted by atomic mass is 32.1. The van der Waals surface area contributed by atoms with Crippen LogP contribution in [0.25, 0.3) is 44.6 Å². The van der Waals surface area contributed by atoms with Gasteiger partial charge in [0.2, 0.25) is 5.89 Å². The van der Waals surface area contributed by atoms with E-state index in [1.54, 1.807) is 0 Å². The van der Waals surface area contributed by atoms with Crippen molar-refractivity contribution in [2.75, 3.05) is 0 Å². The number of oxazole rings is 1. The maximum Gasteiger partial charge on any atom is 0.220 e. The molecule has 10 heteroatoms. The number of fused-ring (bicyclic) bond motifs is 2. The van der Waals surface area contributed by atoms with Crippen molar-refractivity contribution >= 4 is 33.1 Å². The van der Waals surface area contributed by atoms with Crippen LogP contribution in [0.4, 0.5) is 0 Å². The number of para-hydroxylation sites is 2. The number of aliphatic hydroxyl groups excluding tert-OH is 2. The summed E-state index contributed by atoms with van der Waals surface area (Å²) in [5.41, 5.74) is 7.61. The van der Waals surface area contributed by atoms with Gasteiger partial charge in [-0.25, -0.2) is 9.97 Å². The Morgan fingerprint density at radius 1 is 0.587 bits per heavy atom. The number of hydrogen-bond acceptors (Lipinski definition) is 8. The number of thiazole rings is 1. The van der Waals surface area contributed by atoms with Gasteiger partial charge in [-0.2, -0.15) is 10.2 Å². The monoisotopic (exact) mass is 626 g/mol. The molecular weight excluding hydrogens is 597 g/mol. The molecule has 0 radical (unpaired) electrons. The van der Waals surface area contributed by atoms with E-state index in [0.717, 1.165) is 45.4 Å². The zero-order valence-electron chi connectivity index (χ0n) is 24.8. The third-order valence-electron chi connectivity index (χ3n) is 7.53. The van der Waals surface area contributed by atoms with Crippen molar-refractivity contribution in [3.8, 4) is 22.8 Å². The molecule has 0 saturated heterocycles. The van der Waals surface area contributed by atoms with Crippen LogP contribution in [0.1, 0.15) is 22.0 Å². The molecule has 0 saturated carbocycles. The molecule has 0 aliphatic rings. The van der Waals surface area contributed by atoms with Crippen molar-refractivity contribution in [3.05, 3.63) is 143 Å². The van der Waals surface area contributed by atoms with E-state index in [4.69, 9.17) is 19.7 Å². The maximum absolute atomic E-state index is 9.23. The first-order chi connectivity index (χ1) is 22.7. The average Bonchev–Trinajstić information content (AvgIpc) is 3.92. The Morgan fingerprint density at radius 3 is 1.61 bits per heavy atom. The summed E-state index contributed by atoms with van der Waals surface area (Å²) in [6.07, 6.45) is 1.53. The van der Waals surface area contributed by atoms with Gasteiger partial charge in [0.25, 0.3) is 0 Å². The van der Waals surface area contributed by atoms with Crippen LogP contribution in [0.3, 0.4) is 0 Å². The van der Waals surface area contributed by atoms with E-state index < -0.39 is 0 Å². The highest BCUT2D eigenvalue weighted by molar-refractivity contribution is 7.09. The minimum Gasteiger partial charge on any atom is -0.446 e.